The third-order valence-corrected chi connectivity index (χ3v) is 5.28. The summed E-state index contributed by atoms with van der Waals surface area (Å²) in [6, 6.07) is 11.1. The molecule has 6 heteroatoms. The maximum Gasteiger partial charge on any atom is 0.191 e. The van der Waals surface area contributed by atoms with Crippen LogP contribution in [0.25, 0.3) is 0 Å². The van der Waals surface area contributed by atoms with Gasteiger partial charge >= 0.3 is 0 Å². The van der Waals surface area contributed by atoms with Crippen LogP contribution in [0.1, 0.15) is 42.8 Å². The molecule has 1 atom stereocenters. The summed E-state index contributed by atoms with van der Waals surface area (Å²) in [6.07, 6.45) is 1.05. The Morgan fingerprint density at radius 2 is 1.93 bits per heavy atom. The fourth-order valence-corrected chi connectivity index (χ4v) is 3.19. The van der Waals surface area contributed by atoms with Crippen molar-refractivity contribution in [2.75, 3.05) is 20.1 Å². The van der Waals surface area contributed by atoms with Gasteiger partial charge in [-0.3, -0.25) is 9.58 Å². The van der Waals surface area contributed by atoms with E-state index in [1.54, 1.807) is 0 Å². The monoisotopic (exact) mass is 384 g/mol. The Hall–Kier alpha value is -2.34. The SMILES string of the molecule is CCNC(=NCc1c(C)nn(C)c1C)NCCC(C)N(C)Cc1ccccc1. The van der Waals surface area contributed by atoms with E-state index in [1.165, 1.54) is 16.8 Å². The van der Waals surface area contributed by atoms with Gasteiger partial charge in [0.1, 0.15) is 0 Å². The second-order valence-electron chi connectivity index (χ2n) is 7.43. The summed E-state index contributed by atoms with van der Waals surface area (Å²) in [5.41, 5.74) is 4.78. The normalized spacial score (nSPS) is 13.0. The van der Waals surface area contributed by atoms with Crippen LogP contribution in [-0.2, 0) is 20.1 Å². The molecule has 1 aromatic heterocycles. The Morgan fingerprint density at radius 1 is 1.21 bits per heavy atom. The van der Waals surface area contributed by atoms with Crippen molar-refractivity contribution < 1.29 is 0 Å². The van der Waals surface area contributed by atoms with E-state index >= 15 is 0 Å². The third-order valence-electron chi connectivity index (χ3n) is 5.28. The Kier molecular flexibility index (Phi) is 8.51. The number of aliphatic imine (C=N–C) groups is 1. The highest BCUT2D eigenvalue weighted by molar-refractivity contribution is 5.79. The van der Waals surface area contributed by atoms with E-state index in [4.69, 9.17) is 4.99 Å². The zero-order valence-electron chi connectivity index (χ0n) is 18.3. The van der Waals surface area contributed by atoms with Crippen LogP contribution in [0.4, 0.5) is 0 Å². The minimum Gasteiger partial charge on any atom is -0.357 e. The fourth-order valence-electron chi connectivity index (χ4n) is 3.19. The number of guanidine groups is 1. The highest BCUT2D eigenvalue weighted by atomic mass is 15.3. The van der Waals surface area contributed by atoms with E-state index < -0.39 is 0 Å². The molecule has 154 valence electrons. The maximum absolute atomic E-state index is 4.76. The molecule has 0 spiro atoms. The summed E-state index contributed by atoms with van der Waals surface area (Å²) in [6.45, 7) is 11.8. The lowest BCUT2D eigenvalue weighted by Gasteiger charge is -2.25. The largest absolute Gasteiger partial charge is 0.357 e. The van der Waals surface area contributed by atoms with E-state index in [1.807, 2.05) is 18.7 Å². The number of hydrogen-bond donors (Lipinski definition) is 2. The molecular weight excluding hydrogens is 348 g/mol. The molecule has 1 heterocycles. The van der Waals surface area contributed by atoms with Gasteiger partial charge in [-0.1, -0.05) is 30.3 Å². The van der Waals surface area contributed by atoms with Crippen LogP contribution < -0.4 is 10.6 Å². The molecule has 1 aromatic carbocycles. The Balaban J connectivity index is 1.85. The number of nitrogens with zero attached hydrogens (tertiary/aromatic N) is 4. The Bertz CT molecular complexity index is 750. The quantitative estimate of drug-likeness (QED) is 0.515. The van der Waals surface area contributed by atoms with Gasteiger partial charge in [-0.15, -0.1) is 0 Å². The molecule has 0 saturated carbocycles. The Labute approximate surface area is 170 Å². The topological polar surface area (TPSA) is 57.5 Å². The van der Waals surface area contributed by atoms with Gasteiger partial charge in [0, 0.05) is 44.0 Å². The molecule has 6 nitrogen and oxygen atoms in total. The first kappa shape index (κ1) is 22.0. The number of rotatable bonds is 9. The number of hydrogen-bond acceptors (Lipinski definition) is 3. The highest BCUT2D eigenvalue weighted by Gasteiger charge is 2.11. The number of benzene rings is 1. The van der Waals surface area contributed by atoms with Gasteiger partial charge in [0.25, 0.3) is 0 Å². The summed E-state index contributed by atoms with van der Waals surface area (Å²) < 4.78 is 1.92. The van der Waals surface area contributed by atoms with Crippen molar-refractivity contribution in [2.24, 2.45) is 12.0 Å². The molecule has 1 unspecified atom stereocenters. The first-order chi connectivity index (χ1) is 13.4. The molecular formula is C22H36N6. The number of aryl methyl sites for hydroxylation is 2. The van der Waals surface area contributed by atoms with Crippen LogP contribution in [0.2, 0.25) is 0 Å². The van der Waals surface area contributed by atoms with Crippen LogP contribution in [0.3, 0.4) is 0 Å². The third kappa shape index (κ3) is 6.37. The van der Waals surface area contributed by atoms with Gasteiger partial charge in [-0.05, 0) is 46.7 Å². The Morgan fingerprint density at radius 3 is 2.54 bits per heavy atom. The first-order valence-corrected chi connectivity index (χ1v) is 10.2. The highest BCUT2D eigenvalue weighted by Crippen LogP contribution is 2.13. The molecule has 0 bridgehead atoms. The van der Waals surface area contributed by atoms with Gasteiger partial charge in [0.05, 0.1) is 12.2 Å². The summed E-state index contributed by atoms with van der Waals surface area (Å²) in [7, 11) is 4.16. The average molecular weight is 385 g/mol. The van der Waals surface area contributed by atoms with E-state index in [0.29, 0.717) is 12.6 Å². The van der Waals surface area contributed by atoms with E-state index in [9.17, 15) is 0 Å². The maximum atomic E-state index is 4.76. The summed E-state index contributed by atoms with van der Waals surface area (Å²) >= 11 is 0. The van der Waals surface area contributed by atoms with Gasteiger partial charge < -0.3 is 10.6 Å². The molecule has 2 N–H and O–H groups in total. The van der Waals surface area contributed by atoms with Gasteiger partial charge in [-0.2, -0.15) is 5.10 Å². The van der Waals surface area contributed by atoms with E-state index in [0.717, 1.165) is 37.7 Å². The minimum absolute atomic E-state index is 0.485. The second kappa shape index (κ2) is 10.9. The average Bonchev–Trinajstić information content (AvgIpc) is 2.92. The minimum atomic E-state index is 0.485. The molecule has 0 aliphatic rings. The van der Waals surface area contributed by atoms with Gasteiger partial charge in [-0.25, -0.2) is 4.99 Å². The summed E-state index contributed by atoms with van der Waals surface area (Å²) in [4.78, 5) is 7.15. The molecule has 0 aliphatic heterocycles. The molecule has 0 saturated heterocycles. The van der Waals surface area contributed by atoms with E-state index in [-0.39, 0.29) is 0 Å². The van der Waals surface area contributed by atoms with Gasteiger partial charge in [0.15, 0.2) is 5.96 Å². The zero-order valence-corrected chi connectivity index (χ0v) is 18.3. The molecule has 28 heavy (non-hydrogen) atoms. The number of aromatic nitrogens is 2. The van der Waals surface area contributed by atoms with Crippen molar-refractivity contribution in [3.8, 4) is 0 Å². The summed E-state index contributed by atoms with van der Waals surface area (Å²) in [5.74, 6) is 0.864. The van der Waals surface area contributed by atoms with Crippen molar-refractivity contribution in [1.29, 1.82) is 0 Å². The molecule has 2 aromatic rings. The van der Waals surface area contributed by atoms with Crippen LogP contribution in [0.5, 0.6) is 0 Å². The van der Waals surface area contributed by atoms with Crippen molar-refractivity contribution in [2.45, 2.75) is 53.2 Å². The predicted molar refractivity (Wildman–Crippen MR) is 117 cm³/mol. The standard InChI is InChI=1S/C22H36N6/c1-7-23-22(25-15-21-18(3)26-28(6)19(21)4)24-14-13-17(2)27(5)16-20-11-9-8-10-12-20/h8-12,17H,7,13-16H2,1-6H3,(H2,23,24,25). The smallest absolute Gasteiger partial charge is 0.191 e. The van der Waals surface area contributed by atoms with Crippen LogP contribution in [0, 0.1) is 13.8 Å². The second-order valence-corrected chi connectivity index (χ2v) is 7.43. The molecule has 0 radical (unpaired) electrons. The molecule has 0 fully saturated rings. The lowest BCUT2D eigenvalue weighted by atomic mass is 10.1. The van der Waals surface area contributed by atoms with Gasteiger partial charge in [0.2, 0.25) is 0 Å². The summed E-state index contributed by atoms with van der Waals surface area (Å²) in [5, 5.41) is 11.3. The van der Waals surface area contributed by atoms with Crippen molar-refractivity contribution >= 4 is 5.96 Å². The van der Waals surface area contributed by atoms with Crippen molar-refractivity contribution in [3.05, 3.63) is 52.8 Å². The van der Waals surface area contributed by atoms with Crippen molar-refractivity contribution in [1.82, 2.24) is 25.3 Å². The van der Waals surface area contributed by atoms with Crippen LogP contribution in [0.15, 0.2) is 35.3 Å². The lowest BCUT2D eigenvalue weighted by Crippen LogP contribution is -2.40. The molecule has 0 aliphatic carbocycles. The predicted octanol–water partition coefficient (Wildman–Crippen LogP) is 3.00. The van der Waals surface area contributed by atoms with Crippen molar-refractivity contribution in [3.63, 3.8) is 0 Å². The zero-order chi connectivity index (χ0) is 20.5. The number of nitrogens with one attached hydrogen (secondary N) is 2. The lowest BCUT2D eigenvalue weighted by molar-refractivity contribution is 0.238. The first-order valence-electron chi connectivity index (χ1n) is 10.2. The van der Waals surface area contributed by atoms with E-state index in [2.05, 4.69) is 78.8 Å². The fraction of sp³-hybridized carbons (Fsp3) is 0.545. The molecule has 2 rings (SSSR count). The molecule has 0 amide bonds. The van der Waals surface area contributed by atoms with Crippen LogP contribution >= 0.6 is 0 Å². The van der Waals surface area contributed by atoms with Crippen LogP contribution in [-0.4, -0.2) is 46.8 Å².